The Labute approximate surface area is 237 Å². The first-order valence-electron chi connectivity index (χ1n) is 16.6. The Kier molecular flexibility index (Phi) is 23.2. The molecule has 0 saturated heterocycles. The largest absolute Gasteiger partial charge is 0.294 e. The van der Waals surface area contributed by atoms with Gasteiger partial charge in [0.15, 0.2) is 0 Å². The van der Waals surface area contributed by atoms with Crippen molar-refractivity contribution in [2.75, 3.05) is 0 Å². The molecule has 1 aromatic rings. The highest BCUT2D eigenvalue weighted by molar-refractivity contribution is 7.85. The minimum absolute atomic E-state index is 0.0220. The maximum Gasteiger partial charge on any atom is 0.294 e. The van der Waals surface area contributed by atoms with Gasteiger partial charge in [0, 0.05) is 0 Å². The number of hydrogen-bond donors (Lipinski definition) is 1. The molecule has 0 aromatic heterocycles. The van der Waals surface area contributed by atoms with E-state index in [4.69, 9.17) is 4.55 Å². The Hall–Kier alpha value is -0.870. The van der Waals surface area contributed by atoms with E-state index in [1.807, 2.05) is 12.1 Å². The molecule has 0 amide bonds. The van der Waals surface area contributed by atoms with Gasteiger partial charge in [-0.1, -0.05) is 180 Å². The van der Waals surface area contributed by atoms with Crippen LogP contribution >= 0.6 is 0 Å². The molecule has 0 aliphatic heterocycles. The van der Waals surface area contributed by atoms with Crippen molar-refractivity contribution in [1.29, 1.82) is 0 Å². The van der Waals surface area contributed by atoms with Gasteiger partial charge in [0.1, 0.15) is 0 Å². The van der Waals surface area contributed by atoms with Gasteiger partial charge in [0.05, 0.1) is 4.90 Å². The molecule has 0 radical (unpaired) electrons. The normalized spacial score (nSPS) is 11.8. The fourth-order valence-electron chi connectivity index (χ4n) is 5.47. The molecule has 3 nitrogen and oxygen atoms in total. The zero-order valence-corrected chi connectivity index (χ0v) is 25.9. The summed E-state index contributed by atoms with van der Waals surface area (Å²) in [6, 6.07) is 6.60. The zero-order valence-electron chi connectivity index (χ0n) is 25.1. The van der Waals surface area contributed by atoms with E-state index in [0.29, 0.717) is 0 Å². The molecule has 0 atom stereocenters. The van der Waals surface area contributed by atoms with Crippen LogP contribution in [-0.2, 0) is 16.5 Å². The predicted molar refractivity (Wildman–Crippen MR) is 166 cm³/mol. The quantitative estimate of drug-likeness (QED) is 0.0833. The summed E-state index contributed by atoms with van der Waals surface area (Å²) >= 11 is 0. The molecule has 0 heterocycles. The third-order valence-electron chi connectivity index (χ3n) is 8.04. The van der Waals surface area contributed by atoms with Gasteiger partial charge < -0.3 is 0 Å². The van der Waals surface area contributed by atoms with E-state index in [9.17, 15) is 8.42 Å². The molecular weight excluding hydrogens is 488 g/mol. The second-order valence-electron chi connectivity index (χ2n) is 11.7. The summed E-state index contributed by atoms with van der Waals surface area (Å²) < 4.78 is 31.2. The molecule has 0 fully saturated rings. The SMILES string of the molecule is CCCCCCCCCCCCCCCCCCCCCCCCCCCCc1ccc(S(=O)(=O)O)cc1. The van der Waals surface area contributed by atoms with Gasteiger partial charge in [-0.3, -0.25) is 4.55 Å². The van der Waals surface area contributed by atoms with Crippen LogP contribution < -0.4 is 0 Å². The fraction of sp³-hybridized carbons (Fsp3) is 0.824. The topological polar surface area (TPSA) is 54.4 Å². The zero-order chi connectivity index (χ0) is 27.6. The summed E-state index contributed by atoms with van der Waals surface area (Å²) in [6.45, 7) is 2.29. The molecule has 0 saturated carbocycles. The van der Waals surface area contributed by atoms with E-state index in [2.05, 4.69) is 6.92 Å². The van der Waals surface area contributed by atoms with E-state index in [-0.39, 0.29) is 4.90 Å². The first kappa shape index (κ1) is 35.2. The van der Waals surface area contributed by atoms with Gasteiger partial charge >= 0.3 is 0 Å². The molecule has 4 heteroatoms. The molecule has 0 aliphatic carbocycles. The van der Waals surface area contributed by atoms with Crippen LogP contribution in [0, 0.1) is 0 Å². The second kappa shape index (κ2) is 25.1. The van der Waals surface area contributed by atoms with Crippen LogP contribution in [0.25, 0.3) is 0 Å². The molecule has 0 aliphatic rings. The van der Waals surface area contributed by atoms with Crippen molar-refractivity contribution in [3.05, 3.63) is 29.8 Å². The van der Waals surface area contributed by atoms with Crippen molar-refractivity contribution in [3.63, 3.8) is 0 Å². The van der Waals surface area contributed by atoms with Crippen LogP contribution in [0.3, 0.4) is 0 Å². The van der Waals surface area contributed by atoms with Gasteiger partial charge in [-0.05, 0) is 30.5 Å². The standard InChI is InChI=1S/C34H62O3S/c1-2-3-4-5-6-7-8-9-10-11-12-13-14-15-16-17-18-19-20-21-22-23-24-25-26-27-28-33-29-31-34(32-30-33)38(35,36)37/h29-32H,2-28H2,1H3,(H,35,36,37). The Morgan fingerprint density at radius 1 is 0.447 bits per heavy atom. The molecule has 1 N–H and O–H groups in total. The monoisotopic (exact) mass is 550 g/mol. The third kappa shape index (κ3) is 22.0. The molecule has 222 valence electrons. The van der Waals surface area contributed by atoms with Crippen LogP contribution in [0.1, 0.15) is 179 Å². The summed E-state index contributed by atoms with van der Waals surface area (Å²) in [4.78, 5) is -0.0220. The summed E-state index contributed by atoms with van der Waals surface area (Å²) in [5, 5.41) is 0. The average Bonchev–Trinajstić information content (AvgIpc) is 2.90. The summed E-state index contributed by atoms with van der Waals surface area (Å²) in [5.74, 6) is 0. The highest BCUT2D eigenvalue weighted by Gasteiger charge is 2.08. The number of rotatable bonds is 28. The van der Waals surface area contributed by atoms with Crippen molar-refractivity contribution in [2.45, 2.75) is 185 Å². The molecule has 1 aromatic carbocycles. The van der Waals surface area contributed by atoms with Crippen LogP contribution in [-0.4, -0.2) is 13.0 Å². The Bertz CT molecular complexity index is 727. The minimum Gasteiger partial charge on any atom is -0.282 e. The highest BCUT2D eigenvalue weighted by atomic mass is 32.2. The lowest BCUT2D eigenvalue weighted by Gasteiger charge is -2.05. The molecular formula is C34H62O3S. The molecule has 1 rings (SSSR count). The number of unbranched alkanes of at least 4 members (excludes halogenated alkanes) is 25. The van der Waals surface area contributed by atoms with Crippen molar-refractivity contribution >= 4 is 10.1 Å². The van der Waals surface area contributed by atoms with E-state index in [1.165, 1.54) is 173 Å². The van der Waals surface area contributed by atoms with E-state index in [0.717, 1.165) is 18.4 Å². The fourth-order valence-corrected chi connectivity index (χ4v) is 5.95. The van der Waals surface area contributed by atoms with E-state index in [1.54, 1.807) is 0 Å². The van der Waals surface area contributed by atoms with Gasteiger partial charge in [-0.25, -0.2) is 0 Å². The first-order chi connectivity index (χ1) is 18.5. The number of hydrogen-bond acceptors (Lipinski definition) is 2. The second-order valence-corrected chi connectivity index (χ2v) is 13.1. The van der Waals surface area contributed by atoms with Crippen molar-refractivity contribution in [2.24, 2.45) is 0 Å². The summed E-state index contributed by atoms with van der Waals surface area (Å²) in [7, 11) is -4.08. The summed E-state index contributed by atoms with van der Waals surface area (Å²) in [6.07, 6.45) is 37.6. The van der Waals surface area contributed by atoms with Crippen LogP contribution in [0.4, 0.5) is 0 Å². The lowest BCUT2D eigenvalue weighted by Crippen LogP contribution is -1.98. The maximum absolute atomic E-state index is 11.1. The Balaban J connectivity index is 1.72. The van der Waals surface area contributed by atoms with Crippen molar-refractivity contribution < 1.29 is 13.0 Å². The minimum atomic E-state index is -4.08. The Morgan fingerprint density at radius 2 is 0.711 bits per heavy atom. The van der Waals surface area contributed by atoms with E-state index >= 15 is 0 Å². The van der Waals surface area contributed by atoms with Crippen LogP contribution in [0.15, 0.2) is 29.2 Å². The summed E-state index contributed by atoms with van der Waals surface area (Å²) in [5.41, 5.74) is 1.14. The van der Waals surface area contributed by atoms with Gasteiger partial charge in [0.25, 0.3) is 10.1 Å². The van der Waals surface area contributed by atoms with E-state index < -0.39 is 10.1 Å². The molecule has 38 heavy (non-hydrogen) atoms. The molecule has 0 spiro atoms. The molecule has 0 bridgehead atoms. The van der Waals surface area contributed by atoms with Crippen LogP contribution in [0.5, 0.6) is 0 Å². The number of benzene rings is 1. The smallest absolute Gasteiger partial charge is 0.282 e. The van der Waals surface area contributed by atoms with Crippen molar-refractivity contribution in [3.8, 4) is 0 Å². The van der Waals surface area contributed by atoms with Gasteiger partial charge in [0.2, 0.25) is 0 Å². The highest BCUT2D eigenvalue weighted by Crippen LogP contribution is 2.17. The lowest BCUT2D eigenvalue weighted by atomic mass is 10.0. The molecule has 0 unspecified atom stereocenters. The van der Waals surface area contributed by atoms with Crippen LogP contribution in [0.2, 0.25) is 0 Å². The average molecular weight is 551 g/mol. The first-order valence-corrected chi connectivity index (χ1v) is 18.0. The van der Waals surface area contributed by atoms with Crippen molar-refractivity contribution in [1.82, 2.24) is 0 Å². The van der Waals surface area contributed by atoms with Gasteiger partial charge in [-0.15, -0.1) is 0 Å². The Morgan fingerprint density at radius 3 is 0.974 bits per heavy atom. The maximum atomic E-state index is 11.1. The third-order valence-corrected chi connectivity index (χ3v) is 8.91. The van der Waals surface area contributed by atoms with Gasteiger partial charge in [-0.2, -0.15) is 8.42 Å². The lowest BCUT2D eigenvalue weighted by molar-refractivity contribution is 0.483. The predicted octanol–water partition coefficient (Wildman–Crippen LogP) is 11.6. The number of aryl methyl sites for hydroxylation is 1.